The minimum Gasteiger partial charge on any atom is -0.493 e. The highest BCUT2D eigenvalue weighted by atomic mass is 16.5. The summed E-state index contributed by atoms with van der Waals surface area (Å²) in [4.78, 5) is 12.3. The number of ketones is 1. The molecule has 88 valence electrons. The summed E-state index contributed by atoms with van der Waals surface area (Å²) in [6, 6.07) is 6.93. The number of para-hydroxylation sites is 1. The number of anilines is 1. The molecule has 17 heavy (non-hydrogen) atoms. The molecule has 5 nitrogen and oxygen atoms in total. The molecule has 0 saturated heterocycles. The lowest BCUT2D eigenvalue weighted by molar-refractivity contribution is 0.102. The van der Waals surface area contributed by atoms with E-state index in [2.05, 4.69) is 5.10 Å². The highest BCUT2D eigenvalue weighted by Crippen LogP contribution is 2.22. The van der Waals surface area contributed by atoms with Crippen LogP contribution in [0.2, 0.25) is 0 Å². The van der Waals surface area contributed by atoms with Crippen LogP contribution in [-0.4, -0.2) is 22.7 Å². The summed E-state index contributed by atoms with van der Waals surface area (Å²) in [6.07, 6.45) is 1.51. The van der Waals surface area contributed by atoms with Gasteiger partial charge >= 0.3 is 0 Å². The molecule has 0 saturated carbocycles. The van der Waals surface area contributed by atoms with E-state index in [1.54, 1.807) is 31.3 Å². The molecule has 2 N–H and O–H groups in total. The largest absolute Gasteiger partial charge is 0.493 e. The molecule has 0 atom stereocenters. The van der Waals surface area contributed by atoms with E-state index in [9.17, 15) is 4.79 Å². The molecule has 1 aromatic carbocycles. The van der Waals surface area contributed by atoms with E-state index >= 15 is 0 Å². The van der Waals surface area contributed by atoms with Gasteiger partial charge in [-0.1, -0.05) is 12.1 Å². The minimum atomic E-state index is -0.194. The van der Waals surface area contributed by atoms with Crippen LogP contribution in [0.4, 0.5) is 5.69 Å². The molecule has 0 unspecified atom stereocenters. The molecule has 0 fully saturated rings. The van der Waals surface area contributed by atoms with Crippen LogP contribution in [0.3, 0.4) is 0 Å². The Labute approximate surface area is 98.8 Å². The molecule has 0 spiro atoms. The second-order valence-corrected chi connectivity index (χ2v) is 3.60. The van der Waals surface area contributed by atoms with Crippen molar-refractivity contribution < 1.29 is 9.53 Å². The number of hydrogen-bond acceptors (Lipinski definition) is 4. The Morgan fingerprint density at radius 2 is 2.12 bits per heavy atom. The highest BCUT2D eigenvalue weighted by molar-refractivity contribution is 6.12. The molecule has 0 radical (unpaired) electrons. The van der Waals surface area contributed by atoms with Crippen molar-refractivity contribution in [3.63, 3.8) is 0 Å². The third kappa shape index (κ3) is 1.87. The zero-order valence-electron chi connectivity index (χ0n) is 9.68. The summed E-state index contributed by atoms with van der Waals surface area (Å²) in [5.74, 6) is 0.251. The van der Waals surface area contributed by atoms with Crippen molar-refractivity contribution in [1.82, 2.24) is 9.78 Å². The number of nitrogens with two attached hydrogens (primary N) is 1. The second-order valence-electron chi connectivity index (χ2n) is 3.60. The predicted octanol–water partition coefficient (Wildman–Crippen LogP) is 1.24. The maximum Gasteiger partial charge on any atom is 0.216 e. The van der Waals surface area contributed by atoms with Crippen LogP contribution in [-0.2, 0) is 7.05 Å². The lowest BCUT2D eigenvalue weighted by Gasteiger charge is -2.06. The van der Waals surface area contributed by atoms with E-state index in [1.807, 2.05) is 0 Å². The van der Waals surface area contributed by atoms with Crippen molar-refractivity contribution in [2.45, 2.75) is 0 Å². The maximum absolute atomic E-state index is 12.3. The summed E-state index contributed by atoms with van der Waals surface area (Å²) in [6.45, 7) is 0. The Bertz CT molecular complexity index is 561. The van der Waals surface area contributed by atoms with E-state index in [-0.39, 0.29) is 5.78 Å². The van der Waals surface area contributed by atoms with Crippen molar-refractivity contribution in [2.75, 3.05) is 12.8 Å². The number of ether oxygens (including phenoxy) is 1. The minimum absolute atomic E-state index is 0.194. The number of carbonyl (C=O) groups is 1. The lowest BCUT2D eigenvalue weighted by atomic mass is 10.1. The van der Waals surface area contributed by atoms with Gasteiger partial charge in [0.2, 0.25) is 5.78 Å². The first-order valence-electron chi connectivity index (χ1n) is 5.10. The van der Waals surface area contributed by atoms with Gasteiger partial charge in [-0.2, -0.15) is 5.10 Å². The molecule has 0 aliphatic heterocycles. The lowest BCUT2D eigenvalue weighted by Crippen LogP contribution is -2.11. The summed E-state index contributed by atoms with van der Waals surface area (Å²) < 4.78 is 6.58. The number of benzene rings is 1. The summed E-state index contributed by atoms with van der Waals surface area (Å²) in [5, 5.41) is 3.99. The van der Waals surface area contributed by atoms with Gasteiger partial charge in [0, 0.05) is 18.3 Å². The van der Waals surface area contributed by atoms with Crippen LogP contribution in [0.15, 0.2) is 30.5 Å². The monoisotopic (exact) mass is 231 g/mol. The molecule has 0 bridgehead atoms. The van der Waals surface area contributed by atoms with Gasteiger partial charge in [-0.05, 0) is 12.1 Å². The number of carbonyl (C=O) groups excluding carboxylic acids is 1. The fraction of sp³-hybridized carbons (Fsp3) is 0.167. The summed E-state index contributed by atoms with van der Waals surface area (Å²) in [5.41, 5.74) is 7.07. The molecule has 1 aromatic heterocycles. The smallest absolute Gasteiger partial charge is 0.216 e. The SMILES string of the molecule is COc1cnn(C)c1C(=O)c1ccccc1N. The van der Waals surface area contributed by atoms with Crippen LogP contribution in [0, 0.1) is 0 Å². The standard InChI is InChI=1S/C12H13N3O2/c1-15-11(10(17-2)7-14-15)12(16)8-5-3-4-6-9(8)13/h3-7H,13H2,1-2H3. The first kappa shape index (κ1) is 11.2. The Hall–Kier alpha value is -2.30. The number of rotatable bonds is 3. The van der Waals surface area contributed by atoms with Crippen molar-refractivity contribution in [1.29, 1.82) is 0 Å². The van der Waals surface area contributed by atoms with Crippen molar-refractivity contribution in [3.05, 3.63) is 41.7 Å². The van der Waals surface area contributed by atoms with E-state index < -0.39 is 0 Å². The molecule has 2 rings (SSSR count). The quantitative estimate of drug-likeness (QED) is 0.637. The average molecular weight is 231 g/mol. The highest BCUT2D eigenvalue weighted by Gasteiger charge is 2.20. The van der Waals surface area contributed by atoms with Crippen molar-refractivity contribution in [2.24, 2.45) is 7.05 Å². The zero-order valence-corrected chi connectivity index (χ0v) is 9.68. The van der Waals surface area contributed by atoms with Gasteiger partial charge in [-0.3, -0.25) is 9.48 Å². The first-order valence-corrected chi connectivity index (χ1v) is 5.10. The number of aromatic nitrogens is 2. The zero-order chi connectivity index (χ0) is 12.4. The Morgan fingerprint density at radius 3 is 2.76 bits per heavy atom. The van der Waals surface area contributed by atoms with Gasteiger partial charge < -0.3 is 10.5 Å². The molecule has 2 aromatic rings. The third-order valence-electron chi connectivity index (χ3n) is 2.55. The van der Waals surface area contributed by atoms with Crippen LogP contribution in [0.5, 0.6) is 5.75 Å². The Kier molecular flexibility index (Phi) is 2.82. The molecule has 1 heterocycles. The molecule has 5 heteroatoms. The van der Waals surface area contributed by atoms with Gasteiger partial charge in [0.15, 0.2) is 11.4 Å². The van der Waals surface area contributed by atoms with E-state index in [1.165, 1.54) is 18.0 Å². The van der Waals surface area contributed by atoms with Crippen LogP contribution in [0.25, 0.3) is 0 Å². The van der Waals surface area contributed by atoms with E-state index in [4.69, 9.17) is 10.5 Å². The summed E-state index contributed by atoms with van der Waals surface area (Å²) >= 11 is 0. The normalized spacial score (nSPS) is 10.2. The number of aryl methyl sites for hydroxylation is 1. The molecule has 0 aliphatic rings. The van der Waals surface area contributed by atoms with Gasteiger partial charge in [0.1, 0.15) is 0 Å². The third-order valence-corrected chi connectivity index (χ3v) is 2.55. The molecular weight excluding hydrogens is 218 g/mol. The Morgan fingerprint density at radius 1 is 1.41 bits per heavy atom. The predicted molar refractivity (Wildman–Crippen MR) is 64.0 cm³/mol. The van der Waals surface area contributed by atoms with Gasteiger partial charge in [0.25, 0.3) is 0 Å². The Balaban J connectivity index is 2.51. The second kappa shape index (κ2) is 4.29. The van der Waals surface area contributed by atoms with Crippen LogP contribution < -0.4 is 10.5 Å². The first-order chi connectivity index (χ1) is 8.15. The van der Waals surface area contributed by atoms with Gasteiger partial charge in [-0.15, -0.1) is 0 Å². The number of nitrogens with zero attached hydrogens (tertiary/aromatic N) is 2. The van der Waals surface area contributed by atoms with Gasteiger partial charge in [-0.25, -0.2) is 0 Å². The van der Waals surface area contributed by atoms with E-state index in [0.717, 1.165) is 0 Å². The number of nitrogen functional groups attached to an aromatic ring is 1. The van der Waals surface area contributed by atoms with Crippen LogP contribution >= 0.6 is 0 Å². The van der Waals surface area contributed by atoms with E-state index in [0.29, 0.717) is 22.7 Å². The fourth-order valence-electron chi connectivity index (χ4n) is 1.66. The molecular formula is C12H13N3O2. The van der Waals surface area contributed by atoms with Crippen molar-refractivity contribution in [3.8, 4) is 5.75 Å². The maximum atomic E-state index is 12.3. The van der Waals surface area contributed by atoms with Gasteiger partial charge in [0.05, 0.1) is 13.3 Å². The number of methoxy groups -OCH3 is 1. The van der Waals surface area contributed by atoms with Crippen molar-refractivity contribution >= 4 is 11.5 Å². The average Bonchev–Trinajstić information content (AvgIpc) is 2.70. The molecule has 0 aliphatic carbocycles. The fourth-order valence-corrected chi connectivity index (χ4v) is 1.66. The van der Waals surface area contributed by atoms with Crippen LogP contribution in [0.1, 0.15) is 16.1 Å². The molecule has 0 amide bonds. The number of hydrogen-bond donors (Lipinski definition) is 1. The summed E-state index contributed by atoms with van der Waals surface area (Å²) in [7, 11) is 3.19. The topological polar surface area (TPSA) is 70.1 Å².